The number of amides is 1. The van der Waals surface area contributed by atoms with E-state index in [4.69, 9.17) is 5.14 Å². The molecule has 1 aromatic heterocycles. The van der Waals surface area contributed by atoms with Crippen LogP contribution in [0.5, 0.6) is 0 Å². The summed E-state index contributed by atoms with van der Waals surface area (Å²) in [6.45, 7) is 3.77. The van der Waals surface area contributed by atoms with Crippen LogP contribution in [0.25, 0.3) is 11.4 Å². The third kappa shape index (κ3) is 5.03. The Balaban J connectivity index is 1.69. The molecule has 1 atom stereocenters. The Morgan fingerprint density at radius 3 is 2.48 bits per heavy atom. The van der Waals surface area contributed by atoms with Crippen LogP contribution in [0.1, 0.15) is 12.5 Å². The van der Waals surface area contributed by atoms with Crippen LogP contribution in [0.2, 0.25) is 0 Å². The number of benzene rings is 2. The van der Waals surface area contributed by atoms with Gasteiger partial charge in [0, 0.05) is 18.3 Å². The van der Waals surface area contributed by atoms with Crippen LogP contribution in [-0.4, -0.2) is 34.3 Å². The molecule has 8 nitrogen and oxygen atoms in total. The summed E-state index contributed by atoms with van der Waals surface area (Å²) in [4.78, 5) is 12.5. The zero-order chi connectivity index (χ0) is 21.2. The third-order valence-corrected chi connectivity index (χ3v) is 6.28. The quantitative estimate of drug-likeness (QED) is 0.579. The summed E-state index contributed by atoms with van der Waals surface area (Å²) in [5.41, 5.74) is 2.56. The molecule has 29 heavy (non-hydrogen) atoms. The van der Waals surface area contributed by atoms with E-state index < -0.39 is 15.3 Å². The number of nitrogens with one attached hydrogen (secondary N) is 1. The lowest BCUT2D eigenvalue weighted by atomic mass is 10.1. The minimum Gasteiger partial charge on any atom is -0.325 e. The molecule has 3 aromatic rings. The molecule has 0 aliphatic rings. The van der Waals surface area contributed by atoms with Crippen molar-refractivity contribution in [2.75, 3.05) is 5.32 Å². The summed E-state index contributed by atoms with van der Waals surface area (Å²) in [5.74, 6) is 0.487. The molecule has 0 spiro atoms. The number of nitrogens with two attached hydrogens (primary N) is 1. The first-order valence-electron chi connectivity index (χ1n) is 8.72. The standard InChI is InChI=1S/C19H21N5O3S2/c1-12-5-4-6-14(11-12)17-22-23-19(24(17)3)28-13(2)18(25)21-15-7-9-16(10-8-15)29(20,26)27/h4-11,13H,1-3H3,(H,21,25)(H2,20,26,27)/t13-/m0/s1. The lowest BCUT2D eigenvalue weighted by molar-refractivity contribution is -0.115. The SMILES string of the molecule is Cc1cccc(-c2nnc(S[C@@H](C)C(=O)Nc3ccc(S(N)(=O)=O)cc3)n2C)c1. The second-order valence-corrected chi connectivity index (χ2v) is 9.42. The van der Waals surface area contributed by atoms with E-state index in [1.54, 1.807) is 6.92 Å². The molecule has 0 aliphatic carbocycles. The van der Waals surface area contributed by atoms with Crippen LogP contribution in [-0.2, 0) is 21.9 Å². The largest absolute Gasteiger partial charge is 0.325 e. The first-order valence-corrected chi connectivity index (χ1v) is 11.1. The number of nitrogens with zero attached hydrogens (tertiary/aromatic N) is 3. The van der Waals surface area contributed by atoms with E-state index in [9.17, 15) is 13.2 Å². The second kappa shape index (κ2) is 8.36. The van der Waals surface area contributed by atoms with Gasteiger partial charge in [0.1, 0.15) is 0 Å². The molecule has 0 aliphatic heterocycles. The van der Waals surface area contributed by atoms with E-state index in [1.807, 2.05) is 42.8 Å². The van der Waals surface area contributed by atoms with Crippen molar-refractivity contribution in [1.29, 1.82) is 0 Å². The van der Waals surface area contributed by atoms with Crippen molar-refractivity contribution in [3.8, 4) is 11.4 Å². The summed E-state index contributed by atoms with van der Waals surface area (Å²) in [6, 6.07) is 13.6. The maximum Gasteiger partial charge on any atom is 0.238 e. The molecule has 0 radical (unpaired) electrons. The lowest BCUT2D eigenvalue weighted by Gasteiger charge is -2.12. The van der Waals surface area contributed by atoms with E-state index in [-0.39, 0.29) is 10.8 Å². The van der Waals surface area contributed by atoms with Crippen LogP contribution in [0, 0.1) is 6.92 Å². The molecule has 0 saturated heterocycles. The molecular weight excluding hydrogens is 410 g/mol. The van der Waals surface area contributed by atoms with E-state index in [0.717, 1.165) is 17.0 Å². The summed E-state index contributed by atoms with van der Waals surface area (Å²) in [6.07, 6.45) is 0. The molecule has 3 N–H and O–H groups in total. The van der Waals surface area contributed by atoms with Gasteiger partial charge in [0.2, 0.25) is 15.9 Å². The molecule has 0 bridgehead atoms. The van der Waals surface area contributed by atoms with Gasteiger partial charge in [-0.15, -0.1) is 10.2 Å². The minimum atomic E-state index is -3.77. The highest BCUT2D eigenvalue weighted by atomic mass is 32.2. The summed E-state index contributed by atoms with van der Waals surface area (Å²) in [7, 11) is -1.91. The van der Waals surface area contributed by atoms with E-state index >= 15 is 0 Å². The van der Waals surface area contributed by atoms with Crippen molar-refractivity contribution in [2.45, 2.75) is 29.1 Å². The van der Waals surface area contributed by atoms with Gasteiger partial charge in [-0.05, 0) is 44.2 Å². The van der Waals surface area contributed by atoms with E-state index in [1.165, 1.54) is 36.0 Å². The molecule has 1 heterocycles. The maximum absolute atomic E-state index is 12.5. The molecule has 2 aromatic carbocycles. The van der Waals surface area contributed by atoms with Crippen LogP contribution in [0.15, 0.2) is 58.6 Å². The van der Waals surface area contributed by atoms with Gasteiger partial charge in [-0.2, -0.15) is 0 Å². The monoisotopic (exact) mass is 431 g/mol. The van der Waals surface area contributed by atoms with Gasteiger partial charge in [-0.1, -0.05) is 35.5 Å². The number of rotatable bonds is 6. The van der Waals surface area contributed by atoms with E-state index in [2.05, 4.69) is 15.5 Å². The fraction of sp³-hybridized carbons (Fsp3) is 0.211. The summed E-state index contributed by atoms with van der Waals surface area (Å²) < 4.78 is 24.5. The highest BCUT2D eigenvalue weighted by Crippen LogP contribution is 2.26. The molecule has 0 saturated carbocycles. The Morgan fingerprint density at radius 2 is 1.86 bits per heavy atom. The van der Waals surface area contributed by atoms with Gasteiger partial charge in [0.15, 0.2) is 11.0 Å². The maximum atomic E-state index is 12.5. The highest BCUT2D eigenvalue weighted by Gasteiger charge is 2.20. The number of anilines is 1. The molecule has 1 amide bonds. The van der Waals surface area contributed by atoms with Crippen molar-refractivity contribution in [2.24, 2.45) is 12.2 Å². The number of aromatic nitrogens is 3. The highest BCUT2D eigenvalue weighted by molar-refractivity contribution is 8.00. The lowest BCUT2D eigenvalue weighted by Crippen LogP contribution is -2.23. The number of hydrogen-bond acceptors (Lipinski definition) is 6. The average molecular weight is 432 g/mol. The van der Waals surface area contributed by atoms with Crippen LogP contribution >= 0.6 is 11.8 Å². The number of hydrogen-bond donors (Lipinski definition) is 2. The predicted octanol–water partition coefficient (Wildman–Crippen LogP) is 2.56. The molecule has 3 rings (SSSR count). The Labute approximate surface area is 173 Å². The van der Waals surface area contributed by atoms with Crippen molar-refractivity contribution < 1.29 is 13.2 Å². The van der Waals surface area contributed by atoms with Gasteiger partial charge in [-0.3, -0.25) is 4.79 Å². The van der Waals surface area contributed by atoms with Crippen molar-refractivity contribution in [3.05, 3.63) is 54.1 Å². The molecule has 10 heteroatoms. The average Bonchev–Trinajstić information content (AvgIpc) is 3.02. The molecular formula is C19H21N5O3S2. The van der Waals surface area contributed by atoms with Crippen molar-refractivity contribution in [3.63, 3.8) is 0 Å². The van der Waals surface area contributed by atoms with Crippen LogP contribution in [0.3, 0.4) is 0 Å². The smallest absolute Gasteiger partial charge is 0.238 e. The number of primary sulfonamides is 1. The molecule has 0 unspecified atom stereocenters. The number of carbonyl (C=O) groups is 1. The first kappa shape index (κ1) is 21.0. The fourth-order valence-electron chi connectivity index (χ4n) is 2.64. The Bertz CT molecular complexity index is 1140. The topological polar surface area (TPSA) is 120 Å². The predicted molar refractivity (Wildman–Crippen MR) is 113 cm³/mol. The number of carbonyl (C=O) groups excluding carboxylic acids is 1. The van der Waals surface area contributed by atoms with Gasteiger partial charge in [-0.25, -0.2) is 13.6 Å². The Morgan fingerprint density at radius 1 is 1.17 bits per heavy atom. The van der Waals surface area contributed by atoms with Gasteiger partial charge < -0.3 is 9.88 Å². The zero-order valence-corrected chi connectivity index (χ0v) is 17.8. The third-order valence-electron chi connectivity index (χ3n) is 4.21. The van der Waals surface area contributed by atoms with Gasteiger partial charge >= 0.3 is 0 Å². The van der Waals surface area contributed by atoms with Crippen molar-refractivity contribution >= 4 is 33.4 Å². The number of sulfonamides is 1. The number of thioether (sulfide) groups is 1. The summed E-state index contributed by atoms with van der Waals surface area (Å²) >= 11 is 1.29. The Kier molecular flexibility index (Phi) is 6.06. The van der Waals surface area contributed by atoms with Gasteiger partial charge in [0.05, 0.1) is 10.1 Å². The van der Waals surface area contributed by atoms with Crippen molar-refractivity contribution in [1.82, 2.24) is 14.8 Å². The summed E-state index contributed by atoms with van der Waals surface area (Å²) in [5, 5.41) is 16.5. The molecule has 0 fully saturated rings. The fourth-order valence-corrected chi connectivity index (χ4v) is 3.97. The zero-order valence-electron chi connectivity index (χ0n) is 16.2. The van der Waals surface area contributed by atoms with Gasteiger partial charge in [0.25, 0.3) is 0 Å². The van der Waals surface area contributed by atoms with Crippen LogP contribution < -0.4 is 10.5 Å². The van der Waals surface area contributed by atoms with Crippen LogP contribution in [0.4, 0.5) is 5.69 Å². The minimum absolute atomic E-state index is 0.0133. The number of aryl methyl sites for hydroxylation is 1. The normalized spacial score (nSPS) is 12.6. The first-order chi connectivity index (χ1) is 13.6. The second-order valence-electron chi connectivity index (χ2n) is 6.55. The Hall–Kier alpha value is -2.69. The van der Waals surface area contributed by atoms with E-state index in [0.29, 0.717) is 10.8 Å². The molecule has 152 valence electrons.